The Labute approximate surface area is 186 Å². The van der Waals surface area contributed by atoms with Crippen molar-refractivity contribution in [1.82, 2.24) is 24.1 Å². The predicted octanol–water partition coefficient (Wildman–Crippen LogP) is 3.61. The zero-order valence-electron chi connectivity index (χ0n) is 18.6. The Bertz CT molecular complexity index is 1310. The number of nitrogens with two attached hydrogens (primary N) is 1. The summed E-state index contributed by atoms with van der Waals surface area (Å²) in [6.45, 7) is 4.00. The fraction of sp³-hybridized carbons (Fsp3) is 0.458. The first-order valence-electron chi connectivity index (χ1n) is 11.2. The second-order valence-corrected chi connectivity index (χ2v) is 9.56. The Morgan fingerprint density at radius 1 is 1.12 bits per heavy atom. The number of ether oxygens (including phenoxy) is 2. The molecule has 0 spiro atoms. The van der Waals surface area contributed by atoms with Gasteiger partial charge in [-0.3, -0.25) is 0 Å². The highest BCUT2D eigenvalue weighted by Gasteiger charge is 2.54. The SMILES string of the molecule is Cn1cnc2cc(CC[C@H]3C[C@@H](n4ccc5c(N)ncnc54)[C@@H]4OC(C)(C)O[C@H]34)ccc21. The van der Waals surface area contributed by atoms with E-state index in [1.54, 1.807) is 0 Å². The number of hydrogen-bond acceptors (Lipinski definition) is 6. The fourth-order valence-electron chi connectivity index (χ4n) is 5.56. The molecule has 1 aliphatic carbocycles. The Morgan fingerprint density at radius 3 is 2.84 bits per heavy atom. The van der Waals surface area contributed by atoms with Gasteiger partial charge >= 0.3 is 0 Å². The van der Waals surface area contributed by atoms with Crippen molar-refractivity contribution in [3.8, 4) is 0 Å². The maximum atomic E-state index is 6.40. The van der Waals surface area contributed by atoms with Crippen LogP contribution in [0, 0.1) is 5.92 Å². The third-order valence-corrected chi connectivity index (χ3v) is 7.04. The predicted molar refractivity (Wildman–Crippen MR) is 122 cm³/mol. The molecular formula is C24H28N6O2. The normalized spacial score (nSPS) is 26.8. The van der Waals surface area contributed by atoms with Crippen LogP contribution >= 0.6 is 0 Å². The molecule has 0 unspecified atom stereocenters. The van der Waals surface area contributed by atoms with Crippen LogP contribution in [0.2, 0.25) is 0 Å². The van der Waals surface area contributed by atoms with Crippen molar-refractivity contribution in [2.24, 2.45) is 13.0 Å². The van der Waals surface area contributed by atoms with Gasteiger partial charge in [-0.25, -0.2) is 15.0 Å². The first kappa shape index (κ1) is 19.7. The van der Waals surface area contributed by atoms with E-state index in [1.807, 2.05) is 33.3 Å². The van der Waals surface area contributed by atoms with Gasteiger partial charge in [0.15, 0.2) is 5.79 Å². The van der Waals surface area contributed by atoms with E-state index in [0.29, 0.717) is 11.7 Å². The van der Waals surface area contributed by atoms with Crippen LogP contribution < -0.4 is 5.73 Å². The molecule has 2 aliphatic rings. The van der Waals surface area contributed by atoms with Gasteiger partial charge in [0.05, 0.1) is 34.9 Å². The second-order valence-electron chi connectivity index (χ2n) is 9.56. The first-order valence-corrected chi connectivity index (χ1v) is 11.2. The van der Waals surface area contributed by atoms with Gasteiger partial charge in [0.25, 0.3) is 0 Å². The minimum Gasteiger partial charge on any atom is -0.383 e. The summed E-state index contributed by atoms with van der Waals surface area (Å²) in [4.78, 5) is 13.1. The Kier molecular flexibility index (Phi) is 4.32. The zero-order chi connectivity index (χ0) is 22.0. The largest absolute Gasteiger partial charge is 0.383 e. The molecule has 2 fully saturated rings. The van der Waals surface area contributed by atoms with Crippen LogP contribution in [0.3, 0.4) is 0 Å². The quantitative estimate of drug-likeness (QED) is 0.530. The monoisotopic (exact) mass is 432 g/mol. The maximum Gasteiger partial charge on any atom is 0.163 e. The Hall–Kier alpha value is -2.97. The lowest BCUT2D eigenvalue weighted by Crippen LogP contribution is -2.27. The topological polar surface area (TPSA) is 93.0 Å². The highest BCUT2D eigenvalue weighted by molar-refractivity contribution is 5.86. The number of imidazole rings is 1. The van der Waals surface area contributed by atoms with E-state index < -0.39 is 5.79 Å². The van der Waals surface area contributed by atoms with Crippen molar-refractivity contribution in [3.63, 3.8) is 0 Å². The molecule has 8 nitrogen and oxygen atoms in total. The number of benzene rings is 1. The third-order valence-electron chi connectivity index (χ3n) is 7.04. The molecule has 1 aromatic carbocycles. The van der Waals surface area contributed by atoms with Gasteiger partial charge in [-0.1, -0.05) is 6.07 Å². The van der Waals surface area contributed by atoms with Gasteiger partial charge in [0.1, 0.15) is 23.9 Å². The van der Waals surface area contributed by atoms with E-state index >= 15 is 0 Å². The van der Waals surface area contributed by atoms with Gasteiger partial charge in [-0.2, -0.15) is 0 Å². The standard InChI is InChI=1S/C24H28N6O2/c1-24(2)31-20-15(6-4-14-5-7-18-17(10-14)28-13-29(18)3)11-19(21(20)32-24)30-9-8-16-22(25)26-12-27-23(16)30/h5,7-10,12-13,15,19-21H,4,6,11H2,1-3H3,(H2,25,26,27)/t15-,19+,20+,21-/m0/s1. The van der Waals surface area contributed by atoms with Crippen LogP contribution in [0.5, 0.6) is 0 Å². The number of rotatable bonds is 4. The van der Waals surface area contributed by atoms with Crippen LogP contribution in [0.1, 0.15) is 38.3 Å². The van der Waals surface area contributed by atoms with E-state index in [4.69, 9.17) is 15.2 Å². The van der Waals surface area contributed by atoms with Crippen molar-refractivity contribution in [2.75, 3.05) is 5.73 Å². The maximum absolute atomic E-state index is 6.40. The smallest absolute Gasteiger partial charge is 0.163 e. The summed E-state index contributed by atoms with van der Waals surface area (Å²) in [6, 6.07) is 8.72. The third kappa shape index (κ3) is 3.09. The van der Waals surface area contributed by atoms with Crippen molar-refractivity contribution in [3.05, 3.63) is 48.7 Å². The number of nitrogens with zero attached hydrogens (tertiary/aromatic N) is 5. The summed E-state index contributed by atoms with van der Waals surface area (Å²) in [5, 5.41) is 0.884. The van der Waals surface area contributed by atoms with E-state index in [1.165, 1.54) is 11.9 Å². The molecular weight excluding hydrogens is 404 g/mol. The number of aromatic nitrogens is 5. The molecule has 4 aromatic rings. The molecule has 166 valence electrons. The number of nitrogen functional groups attached to an aromatic ring is 1. The molecule has 6 rings (SSSR count). The highest BCUT2D eigenvalue weighted by Crippen LogP contribution is 2.49. The van der Waals surface area contributed by atoms with E-state index in [9.17, 15) is 0 Å². The number of aryl methyl sites for hydroxylation is 2. The van der Waals surface area contributed by atoms with Crippen LogP contribution in [0.25, 0.3) is 22.1 Å². The minimum absolute atomic E-state index is 0.0138. The Balaban J connectivity index is 1.27. The summed E-state index contributed by atoms with van der Waals surface area (Å²) in [6.07, 6.45) is 8.50. The summed E-state index contributed by atoms with van der Waals surface area (Å²) in [5.74, 6) is 0.312. The molecule has 1 saturated carbocycles. The summed E-state index contributed by atoms with van der Waals surface area (Å²) < 4.78 is 17.1. The highest BCUT2D eigenvalue weighted by atomic mass is 16.8. The number of hydrogen-bond donors (Lipinski definition) is 1. The van der Waals surface area contributed by atoms with Crippen molar-refractivity contribution in [2.45, 2.75) is 57.1 Å². The fourth-order valence-corrected chi connectivity index (χ4v) is 5.56. The molecule has 0 bridgehead atoms. The molecule has 8 heteroatoms. The van der Waals surface area contributed by atoms with Crippen molar-refractivity contribution >= 4 is 27.9 Å². The molecule has 0 amide bonds. The van der Waals surface area contributed by atoms with Crippen LogP contribution in [0.4, 0.5) is 5.82 Å². The summed E-state index contributed by atoms with van der Waals surface area (Å²) in [5.41, 5.74) is 10.4. The van der Waals surface area contributed by atoms with E-state index in [0.717, 1.165) is 41.3 Å². The lowest BCUT2D eigenvalue weighted by molar-refractivity contribution is -0.160. The molecule has 1 aliphatic heterocycles. The van der Waals surface area contributed by atoms with Crippen molar-refractivity contribution in [1.29, 1.82) is 0 Å². The number of fused-ring (bicyclic) bond motifs is 3. The molecule has 2 N–H and O–H groups in total. The van der Waals surface area contributed by atoms with Gasteiger partial charge in [-0.05, 0) is 62.8 Å². The number of anilines is 1. The second kappa shape index (κ2) is 7.02. The Morgan fingerprint density at radius 2 is 1.97 bits per heavy atom. The van der Waals surface area contributed by atoms with E-state index in [2.05, 4.69) is 48.5 Å². The molecule has 1 saturated heterocycles. The molecule has 3 aromatic heterocycles. The lowest BCUT2D eigenvalue weighted by atomic mass is 9.96. The van der Waals surface area contributed by atoms with Gasteiger partial charge in [0, 0.05) is 13.2 Å². The first-order chi connectivity index (χ1) is 15.4. The van der Waals surface area contributed by atoms with E-state index in [-0.39, 0.29) is 18.2 Å². The van der Waals surface area contributed by atoms with Crippen molar-refractivity contribution < 1.29 is 9.47 Å². The molecule has 0 radical (unpaired) electrons. The zero-order valence-corrected chi connectivity index (χ0v) is 18.6. The average Bonchev–Trinajstić information content (AvgIpc) is 3.49. The van der Waals surface area contributed by atoms with Gasteiger partial charge in [-0.15, -0.1) is 0 Å². The summed E-state index contributed by atoms with van der Waals surface area (Å²) in [7, 11) is 2.02. The average molecular weight is 433 g/mol. The van der Waals surface area contributed by atoms with Gasteiger partial charge < -0.3 is 24.3 Å². The molecule has 4 heterocycles. The van der Waals surface area contributed by atoms with Crippen LogP contribution in [-0.2, 0) is 22.9 Å². The summed E-state index contributed by atoms with van der Waals surface area (Å²) >= 11 is 0. The van der Waals surface area contributed by atoms with Crippen LogP contribution in [0.15, 0.2) is 43.1 Å². The lowest BCUT2D eigenvalue weighted by Gasteiger charge is -2.24. The van der Waals surface area contributed by atoms with Crippen LogP contribution in [-0.4, -0.2) is 42.1 Å². The molecule has 32 heavy (non-hydrogen) atoms. The minimum atomic E-state index is -0.587. The van der Waals surface area contributed by atoms with Gasteiger partial charge in [0.2, 0.25) is 0 Å². The molecule has 4 atom stereocenters.